The highest BCUT2D eigenvalue weighted by molar-refractivity contribution is 7.07. The van der Waals surface area contributed by atoms with E-state index in [1.54, 1.807) is 17.4 Å². The van der Waals surface area contributed by atoms with Gasteiger partial charge in [0.1, 0.15) is 18.2 Å². The molecule has 15 heavy (non-hydrogen) atoms. The van der Waals surface area contributed by atoms with Crippen molar-refractivity contribution in [3.8, 4) is 5.75 Å². The molecule has 0 spiro atoms. The van der Waals surface area contributed by atoms with Crippen LogP contribution in [0.3, 0.4) is 0 Å². The number of ether oxygens (including phenoxy) is 1. The van der Waals surface area contributed by atoms with Crippen LogP contribution in [0.2, 0.25) is 0 Å². The molecule has 0 unspecified atom stereocenters. The SMILES string of the molecule is Cc1ccc(F)cc1OCc1ccsc1. The van der Waals surface area contributed by atoms with Gasteiger partial charge in [-0.2, -0.15) is 11.3 Å². The highest BCUT2D eigenvalue weighted by atomic mass is 32.1. The molecule has 1 nitrogen and oxygen atoms in total. The van der Waals surface area contributed by atoms with Gasteiger partial charge in [0, 0.05) is 6.07 Å². The standard InChI is InChI=1S/C12H11FOS/c1-9-2-3-11(13)6-12(9)14-7-10-4-5-15-8-10/h2-6,8H,7H2,1H3. The maximum absolute atomic E-state index is 12.9. The van der Waals surface area contributed by atoms with Crippen LogP contribution in [0.4, 0.5) is 4.39 Å². The number of hydrogen-bond acceptors (Lipinski definition) is 2. The molecule has 0 atom stereocenters. The fraction of sp³-hybridized carbons (Fsp3) is 0.167. The van der Waals surface area contributed by atoms with Gasteiger partial charge < -0.3 is 4.74 Å². The molecule has 2 aromatic rings. The smallest absolute Gasteiger partial charge is 0.126 e. The minimum Gasteiger partial charge on any atom is -0.488 e. The molecule has 1 aromatic heterocycles. The Morgan fingerprint density at radius 2 is 2.20 bits per heavy atom. The molecule has 0 aliphatic heterocycles. The van der Waals surface area contributed by atoms with Gasteiger partial charge in [-0.05, 0) is 40.9 Å². The molecule has 0 aliphatic carbocycles. The maximum Gasteiger partial charge on any atom is 0.126 e. The number of hydrogen-bond donors (Lipinski definition) is 0. The quantitative estimate of drug-likeness (QED) is 0.768. The highest BCUT2D eigenvalue weighted by Gasteiger charge is 2.02. The molecule has 1 heterocycles. The summed E-state index contributed by atoms with van der Waals surface area (Å²) in [6.07, 6.45) is 0. The van der Waals surface area contributed by atoms with Crippen LogP contribution < -0.4 is 4.74 Å². The van der Waals surface area contributed by atoms with Gasteiger partial charge in [0.05, 0.1) is 0 Å². The van der Waals surface area contributed by atoms with Crippen molar-refractivity contribution in [3.63, 3.8) is 0 Å². The summed E-state index contributed by atoms with van der Waals surface area (Å²) in [7, 11) is 0. The third-order valence-corrected chi connectivity index (χ3v) is 2.86. The average Bonchev–Trinajstić information content (AvgIpc) is 2.72. The molecule has 0 saturated heterocycles. The zero-order valence-corrected chi connectivity index (χ0v) is 9.18. The predicted octanol–water partition coefficient (Wildman–Crippen LogP) is 3.77. The number of benzene rings is 1. The van der Waals surface area contributed by atoms with Gasteiger partial charge in [-0.15, -0.1) is 0 Å². The lowest BCUT2D eigenvalue weighted by molar-refractivity contribution is 0.303. The maximum atomic E-state index is 12.9. The lowest BCUT2D eigenvalue weighted by Crippen LogP contribution is -1.96. The number of rotatable bonds is 3. The van der Waals surface area contributed by atoms with E-state index in [0.29, 0.717) is 12.4 Å². The Labute approximate surface area is 92.1 Å². The summed E-state index contributed by atoms with van der Waals surface area (Å²) in [5, 5.41) is 4.02. The lowest BCUT2D eigenvalue weighted by atomic mass is 10.2. The van der Waals surface area contributed by atoms with E-state index in [1.165, 1.54) is 12.1 Å². The van der Waals surface area contributed by atoms with Crippen molar-refractivity contribution in [1.29, 1.82) is 0 Å². The average molecular weight is 222 g/mol. The van der Waals surface area contributed by atoms with Crippen molar-refractivity contribution in [2.75, 3.05) is 0 Å². The van der Waals surface area contributed by atoms with E-state index in [4.69, 9.17) is 4.74 Å². The number of thiophene rings is 1. The van der Waals surface area contributed by atoms with Gasteiger partial charge in [0.2, 0.25) is 0 Å². The van der Waals surface area contributed by atoms with Crippen molar-refractivity contribution >= 4 is 11.3 Å². The first-order chi connectivity index (χ1) is 7.25. The van der Waals surface area contributed by atoms with Crippen LogP contribution in [-0.4, -0.2) is 0 Å². The topological polar surface area (TPSA) is 9.23 Å². The minimum absolute atomic E-state index is 0.263. The first kappa shape index (κ1) is 10.2. The summed E-state index contributed by atoms with van der Waals surface area (Å²) in [5.41, 5.74) is 2.07. The normalized spacial score (nSPS) is 10.3. The molecule has 0 amide bonds. The van der Waals surface area contributed by atoms with E-state index in [0.717, 1.165) is 11.1 Å². The Balaban J connectivity index is 2.07. The molecule has 0 radical (unpaired) electrons. The lowest BCUT2D eigenvalue weighted by Gasteiger charge is -2.07. The van der Waals surface area contributed by atoms with Crippen LogP contribution in [0.15, 0.2) is 35.0 Å². The van der Waals surface area contributed by atoms with Crippen LogP contribution in [0.5, 0.6) is 5.75 Å². The van der Waals surface area contributed by atoms with E-state index < -0.39 is 0 Å². The first-order valence-corrected chi connectivity index (χ1v) is 5.60. The summed E-state index contributed by atoms with van der Waals surface area (Å²) >= 11 is 1.63. The van der Waals surface area contributed by atoms with E-state index in [2.05, 4.69) is 0 Å². The van der Waals surface area contributed by atoms with Gasteiger partial charge in [-0.3, -0.25) is 0 Å². The fourth-order valence-electron chi connectivity index (χ4n) is 1.27. The minimum atomic E-state index is -0.263. The van der Waals surface area contributed by atoms with Crippen molar-refractivity contribution in [2.24, 2.45) is 0 Å². The Kier molecular flexibility index (Phi) is 3.02. The van der Waals surface area contributed by atoms with Crippen LogP contribution in [0, 0.1) is 12.7 Å². The number of halogens is 1. The van der Waals surface area contributed by atoms with Crippen molar-refractivity contribution in [1.82, 2.24) is 0 Å². The first-order valence-electron chi connectivity index (χ1n) is 4.66. The van der Waals surface area contributed by atoms with Crippen molar-refractivity contribution in [2.45, 2.75) is 13.5 Å². The molecule has 0 aliphatic rings. The Bertz CT molecular complexity index is 437. The second-order valence-electron chi connectivity index (χ2n) is 3.33. The van der Waals surface area contributed by atoms with Gasteiger partial charge in [-0.25, -0.2) is 4.39 Å². The Morgan fingerprint density at radius 1 is 1.33 bits per heavy atom. The van der Waals surface area contributed by atoms with Crippen LogP contribution in [0.25, 0.3) is 0 Å². The summed E-state index contributed by atoms with van der Waals surface area (Å²) < 4.78 is 18.5. The van der Waals surface area contributed by atoms with Crippen LogP contribution in [0.1, 0.15) is 11.1 Å². The molecule has 1 aromatic carbocycles. The van der Waals surface area contributed by atoms with E-state index in [1.807, 2.05) is 23.8 Å². The second kappa shape index (κ2) is 4.45. The Morgan fingerprint density at radius 3 is 2.93 bits per heavy atom. The summed E-state index contributed by atoms with van der Waals surface area (Å²) in [6.45, 7) is 2.40. The predicted molar refractivity (Wildman–Crippen MR) is 59.8 cm³/mol. The third kappa shape index (κ3) is 2.57. The fourth-order valence-corrected chi connectivity index (χ4v) is 1.92. The Hall–Kier alpha value is -1.35. The van der Waals surface area contributed by atoms with Gasteiger partial charge in [0.15, 0.2) is 0 Å². The molecular weight excluding hydrogens is 211 g/mol. The summed E-state index contributed by atoms with van der Waals surface area (Å²) in [4.78, 5) is 0. The monoisotopic (exact) mass is 222 g/mol. The summed E-state index contributed by atoms with van der Waals surface area (Å²) in [6, 6.07) is 6.58. The van der Waals surface area contributed by atoms with Crippen LogP contribution in [-0.2, 0) is 6.61 Å². The second-order valence-corrected chi connectivity index (χ2v) is 4.11. The molecule has 0 saturated carbocycles. The van der Waals surface area contributed by atoms with E-state index >= 15 is 0 Å². The van der Waals surface area contributed by atoms with E-state index in [-0.39, 0.29) is 5.82 Å². The van der Waals surface area contributed by atoms with Gasteiger partial charge in [-0.1, -0.05) is 6.07 Å². The molecule has 78 valence electrons. The largest absolute Gasteiger partial charge is 0.488 e. The number of aryl methyl sites for hydroxylation is 1. The van der Waals surface area contributed by atoms with Crippen LogP contribution >= 0.6 is 11.3 Å². The van der Waals surface area contributed by atoms with Gasteiger partial charge in [0.25, 0.3) is 0 Å². The van der Waals surface area contributed by atoms with E-state index in [9.17, 15) is 4.39 Å². The van der Waals surface area contributed by atoms with Crippen molar-refractivity contribution in [3.05, 3.63) is 52.0 Å². The zero-order chi connectivity index (χ0) is 10.7. The van der Waals surface area contributed by atoms with Crippen molar-refractivity contribution < 1.29 is 9.13 Å². The summed E-state index contributed by atoms with van der Waals surface area (Å²) in [5.74, 6) is 0.349. The molecule has 2 rings (SSSR count). The molecule has 0 N–H and O–H groups in total. The highest BCUT2D eigenvalue weighted by Crippen LogP contribution is 2.20. The molecule has 0 fully saturated rings. The van der Waals surface area contributed by atoms with Gasteiger partial charge >= 0.3 is 0 Å². The molecule has 3 heteroatoms. The molecular formula is C12H11FOS. The zero-order valence-electron chi connectivity index (χ0n) is 8.37. The molecule has 0 bridgehead atoms. The third-order valence-electron chi connectivity index (χ3n) is 2.12.